The molecule has 0 aliphatic carbocycles. The Morgan fingerprint density at radius 3 is 1.27 bits per heavy atom. The van der Waals surface area contributed by atoms with Crippen LogP contribution in [0.2, 0.25) is 0 Å². The number of rotatable bonds is 9. The summed E-state index contributed by atoms with van der Waals surface area (Å²) >= 11 is 0. The molecule has 3 heteroatoms. The second-order valence-corrected chi connectivity index (χ2v) is 9.08. The van der Waals surface area contributed by atoms with E-state index in [1.807, 2.05) is 0 Å². The molecule has 94 valence electrons. The van der Waals surface area contributed by atoms with Crippen molar-refractivity contribution in [2.75, 3.05) is 17.3 Å². The highest BCUT2D eigenvalue weighted by molar-refractivity contribution is 8.18. The summed E-state index contributed by atoms with van der Waals surface area (Å²) in [4.78, 5) is 0. The fourth-order valence-corrected chi connectivity index (χ4v) is 5.34. The Morgan fingerprint density at radius 2 is 1.07 bits per heavy atom. The van der Waals surface area contributed by atoms with E-state index in [0.717, 1.165) is 55.8 Å². The van der Waals surface area contributed by atoms with Gasteiger partial charge in [0.2, 0.25) is 0 Å². The molecule has 0 saturated carbocycles. The van der Waals surface area contributed by atoms with E-state index in [9.17, 15) is 4.21 Å². The molecule has 0 aromatic heterocycles. The van der Waals surface area contributed by atoms with E-state index in [4.69, 9.17) is 5.14 Å². The summed E-state index contributed by atoms with van der Waals surface area (Å²) in [7, 11) is -2.78. The number of hydrogen-bond acceptors (Lipinski definition) is 1. The molecule has 0 rings (SSSR count). The Balaban J connectivity index is 4.41. The molecule has 0 saturated heterocycles. The largest absolute Gasteiger partial charge is 0.271 e. The third kappa shape index (κ3) is 6.31. The standard InChI is InChI=1S/C12H29NOS/c1-4-7-10-15(13,14,11-8-5-2)12-9-6-3/h4-12H2,1-3H3,(H2,13,14). The minimum atomic E-state index is -2.78. The van der Waals surface area contributed by atoms with Crippen LogP contribution in [0.15, 0.2) is 0 Å². The monoisotopic (exact) mass is 235 g/mol. The summed E-state index contributed by atoms with van der Waals surface area (Å²) in [5.41, 5.74) is 0. The smallest absolute Gasteiger partial charge is 0.0150 e. The topological polar surface area (TPSA) is 43.1 Å². The van der Waals surface area contributed by atoms with Crippen molar-refractivity contribution in [1.82, 2.24) is 0 Å². The van der Waals surface area contributed by atoms with Gasteiger partial charge in [-0.25, -0.2) is 0 Å². The van der Waals surface area contributed by atoms with Crippen molar-refractivity contribution >= 4 is 9.25 Å². The first-order valence-corrected chi connectivity index (χ1v) is 8.93. The molecule has 0 spiro atoms. The van der Waals surface area contributed by atoms with Crippen molar-refractivity contribution in [3.63, 3.8) is 0 Å². The zero-order valence-corrected chi connectivity index (χ0v) is 11.6. The van der Waals surface area contributed by atoms with Gasteiger partial charge in [-0.2, -0.15) is 0 Å². The van der Waals surface area contributed by atoms with Crippen molar-refractivity contribution in [2.24, 2.45) is 5.14 Å². The molecule has 2 N–H and O–H groups in total. The molecule has 0 atom stereocenters. The lowest BCUT2D eigenvalue weighted by Gasteiger charge is -2.38. The third-order valence-corrected chi connectivity index (χ3v) is 6.77. The van der Waals surface area contributed by atoms with Crippen LogP contribution in [0.1, 0.15) is 59.3 Å². The zero-order chi connectivity index (χ0) is 11.8. The van der Waals surface area contributed by atoms with Gasteiger partial charge in [-0.15, -0.1) is 0 Å². The molecule has 0 heterocycles. The Morgan fingerprint density at radius 1 is 0.800 bits per heavy atom. The lowest BCUT2D eigenvalue weighted by Crippen LogP contribution is -2.51. The van der Waals surface area contributed by atoms with Crippen LogP contribution >= 0.6 is 0 Å². The molecule has 0 unspecified atom stereocenters. The summed E-state index contributed by atoms with van der Waals surface area (Å²) in [6, 6.07) is 0. The minimum absolute atomic E-state index is 0.744. The maximum Gasteiger partial charge on any atom is 0.0150 e. The van der Waals surface area contributed by atoms with Crippen LogP contribution in [0.4, 0.5) is 0 Å². The molecule has 0 amide bonds. The van der Waals surface area contributed by atoms with E-state index in [0.29, 0.717) is 0 Å². The highest BCUT2D eigenvalue weighted by Crippen LogP contribution is 2.23. The Bertz CT molecular complexity index is 194. The second kappa shape index (κ2) is 6.64. The summed E-state index contributed by atoms with van der Waals surface area (Å²) in [6.45, 7) is 6.40. The summed E-state index contributed by atoms with van der Waals surface area (Å²) in [6.07, 6.45) is 6.29. The number of hydrogen-bond donors (Lipinski definition) is 1. The van der Waals surface area contributed by atoms with Crippen LogP contribution in [0.5, 0.6) is 0 Å². The zero-order valence-electron chi connectivity index (χ0n) is 10.8. The highest BCUT2D eigenvalue weighted by Gasteiger charge is 2.29. The van der Waals surface area contributed by atoms with Crippen LogP contribution in [-0.4, -0.2) is 21.5 Å². The second-order valence-electron chi connectivity index (χ2n) is 4.74. The first-order valence-electron chi connectivity index (χ1n) is 6.39. The molecule has 0 aromatic rings. The first kappa shape index (κ1) is 15.1. The lowest BCUT2D eigenvalue weighted by molar-refractivity contribution is 0.641. The van der Waals surface area contributed by atoms with E-state index in [2.05, 4.69) is 20.8 Å². The first-order chi connectivity index (χ1) is 6.96. The lowest BCUT2D eigenvalue weighted by atomic mass is 10.4. The highest BCUT2D eigenvalue weighted by atomic mass is 32.3. The summed E-state index contributed by atoms with van der Waals surface area (Å²) < 4.78 is 12.8. The molecule has 15 heavy (non-hydrogen) atoms. The van der Waals surface area contributed by atoms with Crippen molar-refractivity contribution in [1.29, 1.82) is 0 Å². The van der Waals surface area contributed by atoms with Crippen molar-refractivity contribution in [3.05, 3.63) is 0 Å². The summed E-state index contributed by atoms with van der Waals surface area (Å²) in [5, 5.41) is 6.25. The van der Waals surface area contributed by atoms with Crippen molar-refractivity contribution < 1.29 is 4.21 Å². The van der Waals surface area contributed by atoms with Gasteiger partial charge in [0.25, 0.3) is 0 Å². The fourth-order valence-electron chi connectivity index (χ4n) is 1.78. The maximum atomic E-state index is 12.8. The average molecular weight is 235 g/mol. The predicted molar refractivity (Wildman–Crippen MR) is 71.7 cm³/mol. The molecule has 0 aliphatic rings. The van der Waals surface area contributed by atoms with Crippen molar-refractivity contribution in [3.8, 4) is 0 Å². The molecule has 0 aromatic carbocycles. The molecule has 0 radical (unpaired) electrons. The van der Waals surface area contributed by atoms with E-state index in [1.54, 1.807) is 0 Å². The van der Waals surface area contributed by atoms with Gasteiger partial charge in [0.15, 0.2) is 0 Å². The molecule has 0 aliphatic heterocycles. The van der Waals surface area contributed by atoms with E-state index in [-0.39, 0.29) is 0 Å². The van der Waals surface area contributed by atoms with Crippen LogP contribution < -0.4 is 5.14 Å². The van der Waals surface area contributed by atoms with E-state index < -0.39 is 9.25 Å². The molecule has 2 nitrogen and oxygen atoms in total. The van der Waals surface area contributed by atoms with Gasteiger partial charge in [-0.05, 0) is 19.3 Å². The van der Waals surface area contributed by atoms with Gasteiger partial charge in [0.1, 0.15) is 0 Å². The van der Waals surface area contributed by atoms with Gasteiger partial charge in [-0.3, -0.25) is 9.35 Å². The fraction of sp³-hybridized carbons (Fsp3) is 1.00. The van der Waals surface area contributed by atoms with Gasteiger partial charge in [0.05, 0.1) is 0 Å². The predicted octanol–water partition coefficient (Wildman–Crippen LogP) is 3.08. The summed E-state index contributed by atoms with van der Waals surface area (Å²) in [5.74, 6) is 2.23. The molecule has 0 fully saturated rings. The van der Waals surface area contributed by atoms with Gasteiger partial charge in [0, 0.05) is 17.3 Å². The number of nitrogens with two attached hydrogens (primary N) is 1. The average Bonchev–Trinajstić information content (AvgIpc) is 2.22. The number of unbranched alkanes of at least 4 members (excludes halogenated alkanes) is 3. The van der Waals surface area contributed by atoms with Crippen LogP contribution in [0.25, 0.3) is 0 Å². The van der Waals surface area contributed by atoms with E-state index in [1.165, 1.54) is 0 Å². The SMILES string of the molecule is CCCCS(N)(=O)(CCCC)CCCC. The van der Waals surface area contributed by atoms with Crippen LogP contribution in [0.3, 0.4) is 0 Å². The maximum absolute atomic E-state index is 12.8. The minimum Gasteiger partial charge on any atom is -0.271 e. The molecular weight excluding hydrogens is 206 g/mol. The Kier molecular flexibility index (Phi) is 6.69. The normalized spacial score (nSPS) is 14.8. The van der Waals surface area contributed by atoms with Gasteiger partial charge in [-0.1, -0.05) is 49.3 Å². The molecule has 0 bridgehead atoms. The Labute approximate surface area is 95.5 Å². The Hall–Kier alpha value is 0.110. The van der Waals surface area contributed by atoms with Crippen LogP contribution in [-0.2, 0) is 9.25 Å². The van der Waals surface area contributed by atoms with Gasteiger partial charge < -0.3 is 0 Å². The quantitative estimate of drug-likeness (QED) is 0.656. The van der Waals surface area contributed by atoms with Crippen molar-refractivity contribution in [2.45, 2.75) is 59.3 Å². The molecular formula is C12H29NOS. The van der Waals surface area contributed by atoms with Crippen LogP contribution in [0, 0.1) is 0 Å². The van der Waals surface area contributed by atoms with E-state index >= 15 is 0 Å². The third-order valence-electron chi connectivity index (χ3n) is 2.96. The van der Waals surface area contributed by atoms with Gasteiger partial charge >= 0.3 is 0 Å².